The summed E-state index contributed by atoms with van der Waals surface area (Å²) in [6.45, 7) is 1.51. The van der Waals surface area contributed by atoms with Gasteiger partial charge in [-0.25, -0.2) is 0 Å². The highest BCUT2D eigenvalue weighted by molar-refractivity contribution is 6.42. The standard InChI is InChI=1S/C8H4Cl2N2O3/c1-3-5(9)7-4(2-15-11-7)6(10)8(3)12(13)14/h2H,1H3. The van der Waals surface area contributed by atoms with Gasteiger partial charge in [-0.2, -0.15) is 0 Å². The zero-order valence-electron chi connectivity index (χ0n) is 7.45. The highest BCUT2D eigenvalue weighted by Gasteiger charge is 2.25. The molecule has 0 saturated carbocycles. The van der Waals surface area contributed by atoms with Crippen molar-refractivity contribution in [1.29, 1.82) is 0 Å². The molecule has 0 aliphatic rings. The van der Waals surface area contributed by atoms with Gasteiger partial charge in [0.25, 0.3) is 5.69 Å². The lowest BCUT2D eigenvalue weighted by Gasteiger charge is -2.02. The second kappa shape index (κ2) is 3.36. The fourth-order valence-electron chi connectivity index (χ4n) is 1.34. The Bertz CT molecular complexity index is 565. The average Bonchev–Trinajstić information content (AvgIpc) is 2.62. The van der Waals surface area contributed by atoms with Crippen LogP contribution in [0, 0.1) is 17.0 Å². The SMILES string of the molecule is Cc1c([N+](=O)[O-])c(Cl)c2conc2c1Cl. The number of rotatable bonds is 1. The van der Waals surface area contributed by atoms with Crippen molar-refractivity contribution >= 4 is 39.8 Å². The summed E-state index contributed by atoms with van der Waals surface area (Å²) >= 11 is 11.8. The van der Waals surface area contributed by atoms with E-state index in [1.54, 1.807) is 0 Å². The smallest absolute Gasteiger partial charge is 0.293 e. The van der Waals surface area contributed by atoms with E-state index >= 15 is 0 Å². The van der Waals surface area contributed by atoms with Gasteiger partial charge in [-0.3, -0.25) is 10.1 Å². The minimum Gasteiger partial charge on any atom is -0.363 e. The largest absolute Gasteiger partial charge is 0.363 e. The molecule has 0 saturated heterocycles. The van der Waals surface area contributed by atoms with Crippen molar-refractivity contribution in [2.75, 3.05) is 0 Å². The van der Waals surface area contributed by atoms with Crippen molar-refractivity contribution < 1.29 is 9.45 Å². The maximum absolute atomic E-state index is 10.8. The molecule has 0 spiro atoms. The zero-order valence-corrected chi connectivity index (χ0v) is 8.96. The van der Waals surface area contributed by atoms with Crippen LogP contribution in [0.5, 0.6) is 0 Å². The second-order valence-electron chi connectivity index (χ2n) is 2.94. The monoisotopic (exact) mass is 246 g/mol. The van der Waals surface area contributed by atoms with Gasteiger partial charge in [0.1, 0.15) is 16.8 Å². The fraction of sp³-hybridized carbons (Fsp3) is 0.125. The first-order valence-electron chi connectivity index (χ1n) is 3.90. The summed E-state index contributed by atoms with van der Waals surface area (Å²) in [6.07, 6.45) is 1.23. The van der Waals surface area contributed by atoms with Crippen LogP contribution < -0.4 is 0 Å². The Morgan fingerprint density at radius 1 is 1.47 bits per heavy atom. The van der Waals surface area contributed by atoms with Crippen molar-refractivity contribution in [3.8, 4) is 0 Å². The lowest BCUT2D eigenvalue weighted by molar-refractivity contribution is -0.385. The molecule has 0 aliphatic carbocycles. The van der Waals surface area contributed by atoms with E-state index in [0.29, 0.717) is 10.9 Å². The van der Waals surface area contributed by atoms with E-state index in [0.717, 1.165) is 0 Å². The molecular formula is C8H4Cl2N2O3. The molecule has 5 nitrogen and oxygen atoms in total. The van der Waals surface area contributed by atoms with Gasteiger partial charge in [0.2, 0.25) is 0 Å². The van der Waals surface area contributed by atoms with E-state index in [-0.39, 0.29) is 21.3 Å². The summed E-state index contributed by atoms with van der Waals surface area (Å²) in [7, 11) is 0. The number of fused-ring (bicyclic) bond motifs is 1. The first kappa shape index (κ1) is 10.2. The van der Waals surface area contributed by atoms with Gasteiger partial charge in [-0.15, -0.1) is 0 Å². The summed E-state index contributed by atoms with van der Waals surface area (Å²) in [5, 5.41) is 14.9. The molecule has 2 rings (SSSR count). The predicted octanol–water partition coefficient (Wildman–Crippen LogP) is 3.35. The topological polar surface area (TPSA) is 69.2 Å². The average molecular weight is 247 g/mol. The predicted molar refractivity (Wildman–Crippen MR) is 55.4 cm³/mol. The summed E-state index contributed by atoms with van der Waals surface area (Å²) in [6, 6.07) is 0. The molecule has 0 bridgehead atoms. The summed E-state index contributed by atoms with van der Waals surface area (Å²) in [4.78, 5) is 10.2. The highest BCUT2D eigenvalue weighted by Crippen LogP contribution is 2.40. The lowest BCUT2D eigenvalue weighted by Crippen LogP contribution is -1.94. The van der Waals surface area contributed by atoms with Crippen molar-refractivity contribution in [2.24, 2.45) is 0 Å². The van der Waals surface area contributed by atoms with Gasteiger partial charge in [0, 0.05) is 5.56 Å². The van der Waals surface area contributed by atoms with Crippen molar-refractivity contribution in [3.05, 3.63) is 32.0 Å². The van der Waals surface area contributed by atoms with Crippen molar-refractivity contribution in [3.63, 3.8) is 0 Å². The highest BCUT2D eigenvalue weighted by atomic mass is 35.5. The van der Waals surface area contributed by atoms with Crippen LogP contribution in [-0.2, 0) is 0 Å². The van der Waals surface area contributed by atoms with Gasteiger partial charge >= 0.3 is 0 Å². The maximum Gasteiger partial charge on any atom is 0.293 e. The van der Waals surface area contributed by atoms with Crippen molar-refractivity contribution in [1.82, 2.24) is 5.16 Å². The van der Waals surface area contributed by atoms with E-state index in [4.69, 9.17) is 23.2 Å². The van der Waals surface area contributed by atoms with Crippen LogP contribution in [0.15, 0.2) is 10.8 Å². The minimum absolute atomic E-state index is 0.00171. The molecule has 0 atom stereocenters. The summed E-state index contributed by atoms with van der Waals surface area (Å²) < 4.78 is 4.67. The lowest BCUT2D eigenvalue weighted by atomic mass is 10.1. The molecule has 1 heterocycles. The van der Waals surface area contributed by atoms with Crippen LogP contribution in [0.25, 0.3) is 10.9 Å². The molecule has 0 aliphatic heterocycles. The molecule has 0 fully saturated rings. The van der Waals surface area contributed by atoms with Crippen LogP contribution >= 0.6 is 23.2 Å². The number of aromatic nitrogens is 1. The Balaban J connectivity index is 2.98. The van der Waals surface area contributed by atoms with E-state index in [9.17, 15) is 10.1 Å². The molecule has 0 radical (unpaired) electrons. The van der Waals surface area contributed by atoms with Crippen LogP contribution in [0.3, 0.4) is 0 Å². The summed E-state index contributed by atoms with van der Waals surface area (Å²) in [5.74, 6) is 0. The third-order valence-electron chi connectivity index (χ3n) is 2.09. The molecule has 1 aromatic heterocycles. The molecule has 2 aromatic rings. The number of hydrogen-bond donors (Lipinski definition) is 0. The van der Waals surface area contributed by atoms with Crippen LogP contribution in [0.2, 0.25) is 10.0 Å². The number of halogens is 2. The molecule has 7 heteroatoms. The Labute approximate surface area is 93.7 Å². The molecule has 1 aromatic carbocycles. The van der Waals surface area contributed by atoms with Gasteiger partial charge in [-0.05, 0) is 6.92 Å². The molecule has 0 unspecified atom stereocenters. The molecule has 0 amide bonds. The van der Waals surface area contributed by atoms with Crippen LogP contribution in [0.1, 0.15) is 5.56 Å². The quantitative estimate of drug-likeness (QED) is 0.572. The number of nitro benzene ring substituents is 1. The number of nitrogens with zero attached hydrogens (tertiary/aromatic N) is 2. The second-order valence-corrected chi connectivity index (χ2v) is 3.69. The molecular weight excluding hydrogens is 243 g/mol. The van der Waals surface area contributed by atoms with E-state index in [1.807, 2.05) is 0 Å². The maximum atomic E-state index is 10.8. The third kappa shape index (κ3) is 1.35. The Morgan fingerprint density at radius 3 is 2.73 bits per heavy atom. The Morgan fingerprint density at radius 2 is 2.13 bits per heavy atom. The van der Waals surface area contributed by atoms with E-state index < -0.39 is 4.92 Å². The molecule has 0 N–H and O–H groups in total. The molecule has 15 heavy (non-hydrogen) atoms. The van der Waals surface area contributed by atoms with Crippen LogP contribution in [0.4, 0.5) is 5.69 Å². The number of benzene rings is 1. The molecule has 78 valence electrons. The summed E-state index contributed by atoms with van der Waals surface area (Å²) in [5.41, 5.74) is 0.412. The van der Waals surface area contributed by atoms with Crippen LogP contribution in [-0.4, -0.2) is 10.1 Å². The number of nitro groups is 1. The normalized spacial score (nSPS) is 10.9. The third-order valence-corrected chi connectivity index (χ3v) is 2.93. The van der Waals surface area contributed by atoms with Crippen molar-refractivity contribution in [2.45, 2.75) is 6.92 Å². The van der Waals surface area contributed by atoms with Gasteiger partial charge < -0.3 is 4.52 Å². The minimum atomic E-state index is -0.573. The van der Waals surface area contributed by atoms with Gasteiger partial charge in [0.15, 0.2) is 0 Å². The first-order chi connectivity index (χ1) is 7.04. The van der Waals surface area contributed by atoms with Gasteiger partial charge in [-0.1, -0.05) is 28.4 Å². The van der Waals surface area contributed by atoms with E-state index in [2.05, 4.69) is 9.68 Å². The fourth-order valence-corrected chi connectivity index (χ4v) is 1.91. The zero-order chi connectivity index (χ0) is 11.2. The van der Waals surface area contributed by atoms with Gasteiger partial charge in [0.05, 0.1) is 15.3 Å². The Hall–Kier alpha value is -1.33. The Kier molecular flexibility index (Phi) is 2.28. The first-order valence-corrected chi connectivity index (χ1v) is 4.65. The number of hydrogen-bond acceptors (Lipinski definition) is 4. The van der Waals surface area contributed by atoms with E-state index in [1.165, 1.54) is 13.2 Å².